The molecule has 5 nitrogen and oxygen atoms in total. The first kappa shape index (κ1) is 21.1. The molecule has 0 N–H and O–H groups in total. The monoisotopic (exact) mass is 435 g/mol. The van der Waals surface area contributed by atoms with E-state index >= 15 is 0 Å². The van der Waals surface area contributed by atoms with Crippen molar-refractivity contribution in [2.45, 2.75) is 50.3 Å². The van der Waals surface area contributed by atoms with Gasteiger partial charge in [0.05, 0.1) is 18.7 Å². The Balaban J connectivity index is 1.48. The second-order valence-electron chi connectivity index (χ2n) is 8.99. The topological polar surface area (TPSA) is 47.5 Å². The smallest absolute Gasteiger partial charge is 0.170 e. The average Bonchev–Trinajstić information content (AvgIpc) is 3.61. The number of hydrogen-bond donors (Lipinski definition) is 0. The average molecular weight is 436 g/mol. The lowest BCUT2D eigenvalue weighted by molar-refractivity contribution is 0.119. The molecule has 168 valence electrons. The van der Waals surface area contributed by atoms with Gasteiger partial charge in [0.1, 0.15) is 11.6 Å². The molecule has 5 rings (SSSR count). The number of hydrogen-bond acceptors (Lipinski definition) is 5. The fraction of sp³-hybridized carbons (Fsp3) is 0.462. The van der Waals surface area contributed by atoms with Gasteiger partial charge in [0.2, 0.25) is 0 Å². The van der Waals surface area contributed by atoms with Crippen molar-refractivity contribution in [1.82, 2.24) is 9.97 Å². The quantitative estimate of drug-likeness (QED) is 0.498. The molecule has 1 saturated carbocycles. The summed E-state index contributed by atoms with van der Waals surface area (Å²) in [5.74, 6) is 2.57. The summed E-state index contributed by atoms with van der Waals surface area (Å²) in [6, 6.07) is 14.4. The predicted molar refractivity (Wildman–Crippen MR) is 124 cm³/mol. The van der Waals surface area contributed by atoms with E-state index in [0.29, 0.717) is 24.6 Å². The third-order valence-electron chi connectivity index (χ3n) is 6.99. The number of piperidine rings is 1. The van der Waals surface area contributed by atoms with Crippen molar-refractivity contribution in [2.75, 3.05) is 32.2 Å². The molecule has 0 spiro atoms. The highest BCUT2D eigenvalue weighted by Gasteiger charge is 2.48. The van der Waals surface area contributed by atoms with E-state index in [9.17, 15) is 4.39 Å². The molecule has 2 aromatic carbocycles. The fourth-order valence-corrected chi connectivity index (χ4v) is 4.70. The number of methoxy groups -OCH3 is 2. The minimum Gasteiger partial charge on any atom is -0.496 e. The zero-order valence-corrected chi connectivity index (χ0v) is 19.0. The minimum atomic E-state index is -1.36. The molecular weight excluding hydrogens is 405 g/mol. The number of halogens is 1. The summed E-state index contributed by atoms with van der Waals surface area (Å²) in [5, 5.41) is 0.968. The highest BCUT2D eigenvalue weighted by Crippen LogP contribution is 2.49. The Labute approximate surface area is 188 Å². The van der Waals surface area contributed by atoms with Crippen molar-refractivity contribution in [3.05, 3.63) is 59.4 Å². The molecule has 1 saturated heterocycles. The van der Waals surface area contributed by atoms with Crippen molar-refractivity contribution in [2.24, 2.45) is 0 Å². The second-order valence-corrected chi connectivity index (χ2v) is 8.99. The molecule has 2 fully saturated rings. The molecule has 2 aliphatic rings. The Bertz CT molecular complexity index is 1120. The van der Waals surface area contributed by atoms with Gasteiger partial charge in [-0.3, -0.25) is 0 Å². The van der Waals surface area contributed by atoms with Crippen LogP contribution in [0.15, 0.2) is 42.5 Å². The molecule has 0 amide bonds. The Kier molecular flexibility index (Phi) is 5.49. The van der Waals surface area contributed by atoms with E-state index in [1.807, 2.05) is 31.2 Å². The van der Waals surface area contributed by atoms with Crippen LogP contribution in [0, 0.1) is 0 Å². The maximum Gasteiger partial charge on any atom is 0.170 e. The first-order chi connectivity index (χ1) is 15.5. The molecule has 1 aromatic heterocycles. The number of ether oxygens (including phenoxy) is 2. The molecule has 32 heavy (non-hydrogen) atoms. The largest absolute Gasteiger partial charge is 0.496 e. The van der Waals surface area contributed by atoms with Crippen molar-refractivity contribution in [3.63, 3.8) is 0 Å². The van der Waals surface area contributed by atoms with Gasteiger partial charge < -0.3 is 14.4 Å². The van der Waals surface area contributed by atoms with Crippen molar-refractivity contribution in [1.29, 1.82) is 0 Å². The zero-order valence-electron chi connectivity index (χ0n) is 19.0. The Morgan fingerprint density at radius 1 is 1.06 bits per heavy atom. The highest BCUT2D eigenvalue weighted by atomic mass is 19.1. The summed E-state index contributed by atoms with van der Waals surface area (Å²) in [6.07, 6.45) is 2.98. The van der Waals surface area contributed by atoms with Crippen LogP contribution in [0.5, 0.6) is 5.75 Å². The van der Waals surface area contributed by atoms with E-state index in [2.05, 4.69) is 28.1 Å². The summed E-state index contributed by atoms with van der Waals surface area (Å²) >= 11 is 0. The number of alkyl halides is 1. The predicted octanol–water partition coefficient (Wildman–Crippen LogP) is 5.69. The first-order valence-corrected chi connectivity index (χ1v) is 11.4. The van der Waals surface area contributed by atoms with E-state index in [1.54, 1.807) is 14.2 Å². The van der Waals surface area contributed by atoms with Gasteiger partial charge in [-0.25, -0.2) is 14.4 Å². The van der Waals surface area contributed by atoms with Gasteiger partial charge in [-0.1, -0.05) is 24.3 Å². The molecule has 1 unspecified atom stereocenters. The molecule has 3 aromatic rings. The van der Waals surface area contributed by atoms with Crippen LogP contribution in [0.1, 0.15) is 61.6 Å². The third-order valence-corrected chi connectivity index (χ3v) is 6.99. The second kappa shape index (κ2) is 8.32. The maximum atomic E-state index is 15.0. The Hall–Kier alpha value is -2.73. The maximum absolute atomic E-state index is 15.0. The molecule has 6 heteroatoms. The lowest BCUT2D eigenvalue weighted by Crippen LogP contribution is -2.34. The lowest BCUT2D eigenvalue weighted by Gasteiger charge is -2.34. The van der Waals surface area contributed by atoms with Gasteiger partial charge in [-0.05, 0) is 67.9 Å². The van der Waals surface area contributed by atoms with Gasteiger partial charge in [0.15, 0.2) is 11.5 Å². The lowest BCUT2D eigenvalue weighted by atomic mass is 9.88. The van der Waals surface area contributed by atoms with E-state index in [4.69, 9.17) is 14.5 Å². The van der Waals surface area contributed by atoms with Crippen molar-refractivity contribution < 1.29 is 13.9 Å². The summed E-state index contributed by atoms with van der Waals surface area (Å²) in [4.78, 5) is 11.7. The number of nitrogens with zero attached hydrogens (tertiary/aromatic N) is 3. The van der Waals surface area contributed by atoms with Crippen LogP contribution in [0.2, 0.25) is 0 Å². The highest BCUT2D eigenvalue weighted by molar-refractivity contribution is 5.90. The molecule has 2 heterocycles. The number of rotatable bonds is 6. The van der Waals surface area contributed by atoms with Gasteiger partial charge in [-0.15, -0.1) is 0 Å². The van der Waals surface area contributed by atoms with Crippen molar-refractivity contribution in [3.8, 4) is 5.75 Å². The molecule has 0 bridgehead atoms. The zero-order chi connectivity index (χ0) is 22.3. The van der Waals surface area contributed by atoms with Crippen LogP contribution in [-0.2, 0) is 10.4 Å². The van der Waals surface area contributed by atoms with E-state index in [0.717, 1.165) is 54.0 Å². The van der Waals surface area contributed by atoms with E-state index in [-0.39, 0.29) is 6.10 Å². The number of para-hydroxylation sites is 1. The van der Waals surface area contributed by atoms with E-state index in [1.165, 1.54) is 5.56 Å². The van der Waals surface area contributed by atoms with Gasteiger partial charge >= 0.3 is 0 Å². The normalized spacial score (nSPS) is 19.2. The number of anilines is 1. The van der Waals surface area contributed by atoms with Gasteiger partial charge in [-0.2, -0.15) is 0 Å². The summed E-state index contributed by atoms with van der Waals surface area (Å²) < 4.78 is 26.1. The Morgan fingerprint density at radius 2 is 1.81 bits per heavy atom. The summed E-state index contributed by atoms with van der Waals surface area (Å²) in [7, 11) is 3.43. The molecular formula is C26H30FN3O2. The fourth-order valence-electron chi connectivity index (χ4n) is 4.70. The standard InChI is InChI=1S/C26H30FN3O2/c1-17(31-2)19-8-9-22-21(16-19)24(29-25(28-22)26(27)12-13-26)30-14-10-18(11-15-30)20-6-4-5-7-23(20)32-3/h4-9,16-18H,10-15H2,1-3H3. The summed E-state index contributed by atoms with van der Waals surface area (Å²) in [5.41, 5.74) is 1.77. The van der Waals surface area contributed by atoms with Crippen LogP contribution in [0.3, 0.4) is 0 Å². The van der Waals surface area contributed by atoms with E-state index < -0.39 is 5.67 Å². The van der Waals surface area contributed by atoms with Crippen molar-refractivity contribution >= 4 is 16.7 Å². The van der Waals surface area contributed by atoms with Gasteiger partial charge in [0.25, 0.3) is 0 Å². The molecule has 1 atom stereocenters. The summed E-state index contributed by atoms with van der Waals surface area (Å²) in [6.45, 7) is 3.74. The Morgan fingerprint density at radius 3 is 2.50 bits per heavy atom. The number of benzene rings is 2. The molecule has 1 aliphatic carbocycles. The van der Waals surface area contributed by atoms with Crippen LogP contribution in [0.4, 0.5) is 10.2 Å². The first-order valence-electron chi connectivity index (χ1n) is 11.4. The van der Waals surface area contributed by atoms with Crippen LogP contribution >= 0.6 is 0 Å². The number of fused-ring (bicyclic) bond motifs is 1. The third kappa shape index (κ3) is 3.81. The molecule has 0 radical (unpaired) electrons. The minimum absolute atomic E-state index is 0.0286. The van der Waals surface area contributed by atoms with Crippen LogP contribution in [-0.4, -0.2) is 37.3 Å². The number of aromatic nitrogens is 2. The van der Waals surface area contributed by atoms with Crippen LogP contribution < -0.4 is 9.64 Å². The van der Waals surface area contributed by atoms with Gasteiger partial charge in [0, 0.05) is 25.6 Å². The SMILES string of the molecule is COc1ccccc1C1CCN(c2nc(C3(F)CC3)nc3ccc(C(C)OC)cc23)CC1. The van der Waals surface area contributed by atoms with Crippen LogP contribution in [0.25, 0.3) is 10.9 Å². The molecule has 1 aliphatic heterocycles.